The molecular formula is C6H7NO4. The smallest absolute Gasteiger partial charge is 0.394 e. The first-order valence-corrected chi connectivity index (χ1v) is 3.06. The van der Waals surface area contributed by atoms with Crippen LogP contribution in [0.3, 0.4) is 0 Å². The lowest BCUT2D eigenvalue weighted by molar-refractivity contribution is 0.0653. The number of hydrogen-bond donors (Lipinski definition) is 1. The summed E-state index contributed by atoms with van der Waals surface area (Å²) in [6, 6.07) is 0. The summed E-state index contributed by atoms with van der Waals surface area (Å²) in [6.07, 6.45) is 1.10. The molecule has 0 bridgehead atoms. The fraction of sp³-hybridized carbons (Fsp3) is 0.333. The van der Waals surface area contributed by atoms with Gasteiger partial charge in [0.15, 0.2) is 0 Å². The van der Waals surface area contributed by atoms with Crippen LogP contribution in [-0.4, -0.2) is 22.7 Å². The van der Waals surface area contributed by atoms with Crippen molar-refractivity contribution in [3.8, 4) is 6.08 Å². The number of aromatic nitrogens is 1. The Bertz CT molecular complexity index is 255. The number of carboxylic acids is 1. The van der Waals surface area contributed by atoms with Crippen molar-refractivity contribution in [2.75, 3.05) is 6.61 Å². The Morgan fingerprint density at radius 2 is 2.64 bits per heavy atom. The molecule has 0 radical (unpaired) electrons. The van der Waals surface area contributed by atoms with E-state index in [9.17, 15) is 4.79 Å². The molecule has 1 heterocycles. The Morgan fingerprint density at radius 3 is 3.09 bits per heavy atom. The fourth-order valence-corrected chi connectivity index (χ4v) is 0.547. The third-order valence-corrected chi connectivity index (χ3v) is 0.963. The molecule has 0 atom stereocenters. The number of hydrogen-bond acceptors (Lipinski definition) is 4. The lowest BCUT2D eigenvalue weighted by atomic mass is 10.5. The Kier molecular flexibility index (Phi) is 2.10. The third kappa shape index (κ3) is 1.70. The molecule has 1 aromatic heterocycles. The highest BCUT2D eigenvalue weighted by Gasteiger charge is 2.10. The average Bonchev–Trinajstić information content (AvgIpc) is 2.37. The second-order valence-electron chi connectivity index (χ2n) is 1.73. The highest BCUT2D eigenvalue weighted by molar-refractivity contribution is 5.83. The Morgan fingerprint density at radius 1 is 1.91 bits per heavy atom. The molecule has 1 aromatic rings. The first-order valence-electron chi connectivity index (χ1n) is 3.06. The van der Waals surface area contributed by atoms with Crippen molar-refractivity contribution in [2.24, 2.45) is 0 Å². The van der Waals surface area contributed by atoms with E-state index in [1.54, 1.807) is 6.92 Å². The molecule has 0 amide bonds. The Labute approximate surface area is 62.6 Å². The zero-order valence-electron chi connectivity index (χ0n) is 5.90. The summed E-state index contributed by atoms with van der Waals surface area (Å²) >= 11 is 0. The normalized spacial score (nSPS) is 9.55. The number of rotatable bonds is 3. The number of oxazole rings is 1. The lowest BCUT2D eigenvalue weighted by Crippen LogP contribution is -1.92. The minimum absolute atomic E-state index is 0.00935. The molecule has 0 aliphatic carbocycles. The minimum atomic E-state index is -1.15. The number of carboxylic acid groups (broad SMARTS) is 1. The van der Waals surface area contributed by atoms with Gasteiger partial charge in [0, 0.05) is 0 Å². The molecule has 60 valence electrons. The second kappa shape index (κ2) is 3.05. The van der Waals surface area contributed by atoms with Gasteiger partial charge in [-0.15, -0.1) is 0 Å². The van der Waals surface area contributed by atoms with E-state index in [2.05, 4.69) is 9.40 Å². The maximum absolute atomic E-state index is 10.2. The molecule has 5 nitrogen and oxygen atoms in total. The third-order valence-electron chi connectivity index (χ3n) is 0.963. The summed E-state index contributed by atoms with van der Waals surface area (Å²) in [7, 11) is 0. The number of aromatic carboxylic acids is 1. The van der Waals surface area contributed by atoms with Crippen LogP contribution in [0.4, 0.5) is 0 Å². The van der Waals surface area contributed by atoms with Gasteiger partial charge in [0.25, 0.3) is 0 Å². The molecule has 0 fully saturated rings. The highest BCUT2D eigenvalue weighted by atomic mass is 16.6. The van der Waals surface area contributed by atoms with Gasteiger partial charge in [-0.05, 0) is 6.92 Å². The molecule has 11 heavy (non-hydrogen) atoms. The molecule has 0 saturated carbocycles. The van der Waals surface area contributed by atoms with E-state index in [1.165, 1.54) is 0 Å². The van der Waals surface area contributed by atoms with Crippen LogP contribution < -0.4 is 4.74 Å². The van der Waals surface area contributed by atoms with Gasteiger partial charge in [-0.1, -0.05) is 0 Å². The van der Waals surface area contributed by atoms with Crippen LogP contribution in [0.25, 0.3) is 0 Å². The van der Waals surface area contributed by atoms with Crippen molar-refractivity contribution >= 4 is 5.97 Å². The Hall–Kier alpha value is -1.52. The zero-order chi connectivity index (χ0) is 8.27. The van der Waals surface area contributed by atoms with Crippen molar-refractivity contribution in [1.82, 2.24) is 4.98 Å². The van der Waals surface area contributed by atoms with E-state index in [0.717, 1.165) is 6.20 Å². The maximum Gasteiger partial charge on any atom is 0.394 e. The van der Waals surface area contributed by atoms with E-state index in [0.29, 0.717) is 6.61 Å². The van der Waals surface area contributed by atoms with E-state index in [-0.39, 0.29) is 11.8 Å². The molecule has 0 aromatic carbocycles. The summed E-state index contributed by atoms with van der Waals surface area (Å²) in [4.78, 5) is 13.8. The van der Waals surface area contributed by atoms with Crippen molar-refractivity contribution in [2.45, 2.75) is 6.92 Å². The van der Waals surface area contributed by atoms with Gasteiger partial charge in [0.2, 0.25) is 5.76 Å². The van der Waals surface area contributed by atoms with Crippen LogP contribution in [0.1, 0.15) is 17.5 Å². The fourth-order valence-electron chi connectivity index (χ4n) is 0.547. The standard InChI is InChI=1S/C6H7NO4/c1-2-10-6-7-3-4(11-6)5(8)9/h3H,2H2,1H3,(H,8,9). The van der Waals surface area contributed by atoms with Gasteiger partial charge in [-0.2, -0.15) is 4.98 Å². The van der Waals surface area contributed by atoms with Crippen LogP contribution in [0.2, 0.25) is 0 Å². The summed E-state index contributed by atoms with van der Waals surface area (Å²) in [5.41, 5.74) is 0. The summed E-state index contributed by atoms with van der Waals surface area (Å²) < 4.78 is 9.45. The quantitative estimate of drug-likeness (QED) is 0.701. The van der Waals surface area contributed by atoms with Gasteiger partial charge in [0.05, 0.1) is 12.8 Å². The maximum atomic E-state index is 10.2. The van der Waals surface area contributed by atoms with E-state index in [1.807, 2.05) is 0 Å². The summed E-state index contributed by atoms with van der Waals surface area (Å²) in [5, 5.41) is 8.38. The van der Waals surface area contributed by atoms with E-state index in [4.69, 9.17) is 9.84 Å². The van der Waals surface area contributed by atoms with Gasteiger partial charge >= 0.3 is 12.0 Å². The molecule has 0 aliphatic heterocycles. The predicted molar refractivity (Wildman–Crippen MR) is 34.6 cm³/mol. The summed E-state index contributed by atoms with van der Waals surface area (Å²) in [6.45, 7) is 2.16. The molecule has 0 unspecified atom stereocenters. The molecule has 1 rings (SSSR count). The highest BCUT2D eigenvalue weighted by Crippen LogP contribution is 2.10. The topological polar surface area (TPSA) is 72.6 Å². The van der Waals surface area contributed by atoms with Crippen molar-refractivity contribution in [3.63, 3.8) is 0 Å². The van der Waals surface area contributed by atoms with Crippen LogP contribution in [0, 0.1) is 0 Å². The van der Waals surface area contributed by atoms with Crippen molar-refractivity contribution in [1.29, 1.82) is 0 Å². The van der Waals surface area contributed by atoms with Crippen molar-refractivity contribution < 1.29 is 19.1 Å². The van der Waals surface area contributed by atoms with Gasteiger partial charge in [0.1, 0.15) is 0 Å². The van der Waals surface area contributed by atoms with Gasteiger partial charge < -0.3 is 14.3 Å². The molecule has 0 spiro atoms. The second-order valence-corrected chi connectivity index (χ2v) is 1.73. The van der Waals surface area contributed by atoms with E-state index < -0.39 is 5.97 Å². The largest absolute Gasteiger partial charge is 0.475 e. The predicted octanol–water partition coefficient (Wildman–Crippen LogP) is 0.771. The first kappa shape index (κ1) is 7.59. The zero-order valence-corrected chi connectivity index (χ0v) is 5.90. The van der Waals surface area contributed by atoms with Crippen molar-refractivity contribution in [3.05, 3.63) is 12.0 Å². The monoisotopic (exact) mass is 157 g/mol. The number of ether oxygens (including phenoxy) is 1. The van der Waals surface area contributed by atoms with Crippen LogP contribution >= 0.6 is 0 Å². The molecule has 5 heteroatoms. The minimum Gasteiger partial charge on any atom is -0.475 e. The van der Waals surface area contributed by atoms with Crippen LogP contribution in [0.5, 0.6) is 6.08 Å². The van der Waals surface area contributed by atoms with E-state index >= 15 is 0 Å². The van der Waals surface area contributed by atoms with Gasteiger partial charge in [-0.3, -0.25) is 0 Å². The van der Waals surface area contributed by atoms with Crippen LogP contribution in [0.15, 0.2) is 10.6 Å². The molecular weight excluding hydrogens is 150 g/mol. The Balaban J connectivity index is 2.73. The average molecular weight is 157 g/mol. The SMILES string of the molecule is CCOc1ncc(C(=O)O)o1. The molecule has 0 aliphatic rings. The lowest BCUT2D eigenvalue weighted by Gasteiger charge is -1.91. The summed E-state index contributed by atoms with van der Waals surface area (Å²) in [5.74, 6) is -1.36. The molecule has 0 saturated heterocycles. The molecule has 1 N–H and O–H groups in total. The van der Waals surface area contributed by atoms with Gasteiger partial charge in [-0.25, -0.2) is 4.79 Å². The van der Waals surface area contributed by atoms with Crippen LogP contribution in [-0.2, 0) is 0 Å². The number of carbonyl (C=O) groups is 1. The number of nitrogens with zero attached hydrogens (tertiary/aromatic N) is 1. The first-order chi connectivity index (χ1) is 5.24.